The second-order valence-corrected chi connectivity index (χ2v) is 4.96. The molecule has 0 heterocycles. The monoisotopic (exact) mass is 326 g/mol. The number of carbonyl (C=O) groups is 1. The van der Waals surface area contributed by atoms with Crippen LogP contribution in [0, 0.1) is 5.92 Å². The van der Waals surface area contributed by atoms with Gasteiger partial charge in [0.15, 0.2) is 0 Å². The minimum absolute atomic E-state index is 0.211. The van der Waals surface area contributed by atoms with Gasteiger partial charge in [0.1, 0.15) is 6.10 Å². The Bertz CT molecular complexity index is 208. The van der Waals surface area contributed by atoms with E-state index in [1.165, 1.54) is 6.42 Å². The van der Waals surface area contributed by atoms with Gasteiger partial charge in [0.2, 0.25) is 0 Å². The fraction of sp³-hybridized carbons (Fsp3) is 0.909. The van der Waals surface area contributed by atoms with Crippen LogP contribution in [0.25, 0.3) is 0 Å². The largest absolute Gasteiger partial charge is 0.459 e. The average Bonchev–Trinajstić information content (AvgIpc) is 2.23. The first-order valence-electron chi connectivity index (χ1n) is 5.60. The third-order valence-electron chi connectivity index (χ3n) is 2.95. The molecule has 88 valence electrons. The lowest BCUT2D eigenvalue weighted by Crippen LogP contribution is -2.37. The molecule has 0 aromatic heterocycles. The van der Waals surface area contributed by atoms with Crippen molar-refractivity contribution in [2.24, 2.45) is 5.92 Å². The van der Waals surface area contributed by atoms with Gasteiger partial charge in [0.05, 0.1) is 10.5 Å². The van der Waals surface area contributed by atoms with E-state index in [1.54, 1.807) is 0 Å². The minimum atomic E-state index is -0.454. The molecule has 15 heavy (non-hydrogen) atoms. The summed E-state index contributed by atoms with van der Waals surface area (Å²) in [4.78, 5) is 11.1. The Morgan fingerprint density at radius 2 is 2.27 bits per heavy atom. The summed E-state index contributed by atoms with van der Waals surface area (Å²) in [6.45, 7) is 2.16. The fourth-order valence-electron chi connectivity index (χ4n) is 2.19. The normalized spacial score (nSPS) is 31.3. The van der Waals surface area contributed by atoms with E-state index in [-0.39, 0.29) is 12.1 Å². The number of carbonyl (C=O) groups excluding carboxylic acids is 1. The van der Waals surface area contributed by atoms with Crippen molar-refractivity contribution in [3.63, 3.8) is 0 Å². The number of ether oxygens (including phenoxy) is 1. The van der Waals surface area contributed by atoms with Crippen LogP contribution in [0.2, 0.25) is 0 Å². The van der Waals surface area contributed by atoms with Gasteiger partial charge in [0, 0.05) is 0 Å². The van der Waals surface area contributed by atoms with Gasteiger partial charge in [-0.05, 0) is 25.2 Å². The first kappa shape index (κ1) is 13.2. The maximum Gasteiger partial charge on any atom is 0.316 e. The second-order valence-electron chi connectivity index (χ2n) is 4.20. The van der Waals surface area contributed by atoms with Crippen molar-refractivity contribution >= 4 is 28.6 Å². The van der Waals surface area contributed by atoms with Crippen molar-refractivity contribution in [2.75, 3.05) is 4.43 Å². The molecule has 4 heteroatoms. The number of hydrogen-bond acceptors (Lipinski definition) is 3. The number of aliphatic hydroxyl groups excluding tert-OH is 1. The molecule has 1 saturated carbocycles. The fourth-order valence-corrected chi connectivity index (χ4v) is 2.37. The third kappa shape index (κ3) is 4.26. The molecular weight excluding hydrogens is 307 g/mol. The Morgan fingerprint density at radius 3 is 2.87 bits per heavy atom. The van der Waals surface area contributed by atoms with Crippen molar-refractivity contribution in [3.05, 3.63) is 0 Å². The molecule has 0 bridgehead atoms. The molecule has 3 atom stereocenters. The first-order chi connectivity index (χ1) is 7.17. The minimum Gasteiger partial charge on any atom is -0.459 e. The molecule has 1 aliphatic rings. The number of aliphatic hydroxyl groups is 1. The molecule has 0 radical (unpaired) electrons. The number of alkyl halides is 1. The Balaban J connectivity index is 2.42. The molecule has 0 aromatic carbocycles. The van der Waals surface area contributed by atoms with Crippen molar-refractivity contribution < 1.29 is 14.6 Å². The molecule has 0 amide bonds. The number of rotatable bonds is 4. The van der Waals surface area contributed by atoms with E-state index in [0.717, 1.165) is 25.7 Å². The standard InChI is InChI=1S/C11H19IO3/c1-2-3-8-4-5-9(13)10(6-8)15-11(14)7-12/h8-10,13H,2-7H2,1H3. The van der Waals surface area contributed by atoms with Gasteiger partial charge in [0.25, 0.3) is 0 Å². The molecule has 3 nitrogen and oxygen atoms in total. The highest BCUT2D eigenvalue weighted by atomic mass is 127. The molecule has 0 aliphatic heterocycles. The van der Waals surface area contributed by atoms with Gasteiger partial charge in [-0.3, -0.25) is 4.79 Å². The lowest BCUT2D eigenvalue weighted by Gasteiger charge is -2.32. The van der Waals surface area contributed by atoms with Gasteiger partial charge in [-0.2, -0.15) is 0 Å². The zero-order valence-corrected chi connectivity index (χ0v) is 11.3. The van der Waals surface area contributed by atoms with Crippen LogP contribution in [0.5, 0.6) is 0 Å². The van der Waals surface area contributed by atoms with E-state index in [1.807, 2.05) is 22.6 Å². The molecular formula is C11H19IO3. The molecule has 1 aliphatic carbocycles. The summed E-state index contributed by atoms with van der Waals surface area (Å²) >= 11 is 1.98. The van der Waals surface area contributed by atoms with Crippen molar-refractivity contribution in [2.45, 2.75) is 51.2 Å². The van der Waals surface area contributed by atoms with E-state index < -0.39 is 6.10 Å². The van der Waals surface area contributed by atoms with E-state index in [4.69, 9.17) is 4.74 Å². The predicted octanol–water partition coefficient (Wildman–Crippen LogP) is 2.29. The smallest absolute Gasteiger partial charge is 0.316 e. The second kappa shape index (κ2) is 6.68. The summed E-state index contributed by atoms with van der Waals surface area (Å²) < 4.78 is 5.59. The quantitative estimate of drug-likeness (QED) is 0.490. The number of esters is 1. The SMILES string of the molecule is CCCC1CCC(O)C(OC(=O)CI)C1. The van der Waals surface area contributed by atoms with Crippen LogP contribution in [-0.2, 0) is 9.53 Å². The van der Waals surface area contributed by atoms with Gasteiger partial charge in [-0.1, -0.05) is 42.4 Å². The molecule has 0 aromatic rings. The molecule has 0 saturated heterocycles. The Kier molecular flexibility index (Phi) is 5.89. The van der Waals surface area contributed by atoms with Crippen LogP contribution >= 0.6 is 22.6 Å². The lowest BCUT2D eigenvalue weighted by molar-refractivity contribution is -0.155. The molecule has 0 spiro atoms. The van der Waals surface area contributed by atoms with Crippen LogP contribution in [0.1, 0.15) is 39.0 Å². The molecule has 3 unspecified atom stereocenters. The third-order valence-corrected chi connectivity index (χ3v) is 3.58. The van der Waals surface area contributed by atoms with Gasteiger partial charge < -0.3 is 9.84 Å². The number of hydrogen-bond donors (Lipinski definition) is 1. The number of halogens is 1. The van der Waals surface area contributed by atoms with Gasteiger partial charge >= 0.3 is 5.97 Å². The van der Waals surface area contributed by atoms with Crippen LogP contribution < -0.4 is 0 Å². The van der Waals surface area contributed by atoms with Crippen molar-refractivity contribution in [1.29, 1.82) is 0 Å². The van der Waals surface area contributed by atoms with E-state index in [9.17, 15) is 9.90 Å². The summed E-state index contributed by atoms with van der Waals surface area (Å²) in [7, 11) is 0. The van der Waals surface area contributed by atoms with Crippen molar-refractivity contribution in [3.8, 4) is 0 Å². The highest BCUT2D eigenvalue weighted by Crippen LogP contribution is 2.29. The molecule has 1 rings (SSSR count). The zero-order valence-electron chi connectivity index (χ0n) is 9.12. The molecule has 1 fully saturated rings. The topological polar surface area (TPSA) is 46.5 Å². The van der Waals surface area contributed by atoms with E-state index in [2.05, 4.69) is 6.92 Å². The van der Waals surface area contributed by atoms with Crippen LogP contribution in [0.3, 0.4) is 0 Å². The van der Waals surface area contributed by atoms with E-state index in [0.29, 0.717) is 10.3 Å². The Morgan fingerprint density at radius 1 is 1.53 bits per heavy atom. The predicted molar refractivity (Wildman–Crippen MR) is 67.0 cm³/mol. The van der Waals surface area contributed by atoms with Crippen LogP contribution in [-0.4, -0.2) is 27.7 Å². The van der Waals surface area contributed by atoms with Crippen LogP contribution in [0.4, 0.5) is 0 Å². The summed E-state index contributed by atoms with van der Waals surface area (Å²) in [6, 6.07) is 0. The highest BCUT2D eigenvalue weighted by Gasteiger charge is 2.31. The maximum atomic E-state index is 11.1. The Hall–Kier alpha value is 0.160. The maximum absolute atomic E-state index is 11.1. The van der Waals surface area contributed by atoms with Gasteiger partial charge in [-0.15, -0.1) is 0 Å². The van der Waals surface area contributed by atoms with Crippen molar-refractivity contribution in [1.82, 2.24) is 0 Å². The lowest BCUT2D eigenvalue weighted by atomic mass is 9.83. The average molecular weight is 326 g/mol. The molecule has 1 N–H and O–H groups in total. The van der Waals surface area contributed by atoms with Gasteiger partial charge in [-0.25, -0.2) is 0 Å². The summed E-state index contributed by atoms with van der Waals surface area (Å²) in [5, 5.41) is 9.72. The zero-order chi connectivity index (χ0) is 11.3. The first-order valence-corrected chi connectivity index (χ1v) is 7.13. The van der Waals surface area contributed by atoms with Crippen LogP contribution in [0.15, 0.2) is 0 Å². The summed E-state index contributed by atoms with van der Waals surface area (Å²) in [5.74, 6) is 0.405. The van der Waals surface area contributed by atoms with E-state index >= 15 is 0 Å². The summed E-state index contributed by atoms with van der Waals surface area (Å²) in [5.41, 5.74) is 0. The Labute approximate surface area is 105 Å². The highest BCUT2D eigenvalue weighted by molar-refractivity contribution is 14.1. The summed E-state index contributed by atoms with van der Waals surface area (Å²) in [6.07, 6.45) is 4.27.